The van der Waals surface area contributed by atoms with Gasteiger partial charge in [0.2, 0.25) is 0 Å². The van der Waals surface area contributed by atoms with Gasteiger partial charge in [0.1, 0.15) is 0 Å². The lowest BCUT2D eigenvalue weighted by molar-refractivity contribution is 1.53. The Morgan fingerprint density at radius 2 is 0.913 bits per heavy atom. The predicted octanol–water partition coefficient (Wildman–Crippen LogP) is 6.50. The van der Waals surface area contributed by atoms with Crippen molar-refractivity contribution in [1.82, 2.24) is 0 Å². The zero-order valence-corrected chi connectivity index (χ0v) is 13.3. The number of rotatable bonds is 1. The van der Waals surface area contributed by atoms with Crippen LogP contribution >= 0.6 is 0 Å². The van der Waals surface area contributed by atoms with E-state index >= 15 is 0 Å². The zero-order chi connectivity index (χ0) is 15.9. The topological polar surface area (TPSA) is 0 Å². The molecular weight excluding hydrogens is 276 g/mol. The van der Waals surface area contributed by atoms with E-state index in [9.17, 15) is 0 Å². The minimum atomic E-state index is 1.28. The molecule has 0 saturated carbocycles. The highest BCUT2D eigenvalue weighted by molar-refractivity contribution is 5.85. The standard InChI is InChI=1S/C12H10.C11H10/c1-3-7-11(8-4-1)12-9-5-2-6-10-12;1-9-5-4-7-10-6-2-3-8-11(9)10/h1-10H;2-8H,1H3. The summed E-state index contributed by atoms with van der Waals surface area (Å²) in [6, 6.07) is 35.6. The summed E-state index contributed by atoms with van der Waals surface area (Å²) in [5.74, 6) is 0. The lowest BCUT2D eigenvalue weighted by Crippen LogP contribution is -1.75. The van der Waals surface area contributed by atoms with Crippen LogP contribution in [0.1, 0.15) is 5.56 Å². The molecule has 4 aromatic carbocycles. The van der Waals surface area contributed by atoms with Crippen LogP contribution in [-0.2, 0) is 0 Å². The van der Waals surface area contributed by atoms with E-state index in [1.807, 2.05) is 12.1 Å². The molecule has 0 heterocycles. The maximum atomic E-state index is 2.16. The third kappa shape index (κ3) is 3.87. The van der Waals surface area contributed by atoms with Crippen LogP contribution in [0, 0.1) is 6.92 Å². The summed E-state index contributed by atoms with van der Waals surface area (Å²) in [6.45, 7) is 2.14. The van der Waals surface area contributed by atoms with Crippen LogP contribution in [-0.4, -0.2) is 0 Å². The molecule has 0 aliphatic carbocycles. The maximum absolute atomic E-state index is 2.16. The minimum Gasteiger partial charge on any atom is -0.0622 e. The van der Waals surface area contributed by atoms with Crippen molar-refractivity contribution in [3.05, 3.63) is 109 Å². The molecule has 0 bridgehead atoms. The SMILES string of the molecule is Cc1cccc2ccccc12.c1ccc(-c2ccccc2)cc1. The monoisotopic (exact) mass is 296 g/mol. The van der Waals surface area contributed by atoms with Crippen LogP contribution < -0.4 is 0 Å². The Labute approximate surface area is 138 Å². The van der Waals surface area contributed by atoms with Crippen molar-refractivity contribution >= 4 is 10.8 Å². The molecule has 0 amide bonds. The molecule has 0 N–H and O–H groups in total. The van der Waals surface area contributed by atoms with E-state index in [0.717, 1.165) is 0 Å². The van der Waals surface area contributed by atoms with E-state index in [-0.39, 0.29) is 0 Å². The summed E-state index contributed by atoms with van der Waals surface area (Å²) in [4.78, 5) is 0. The van der Waals surface area contributed by atoms with Gasteiger partial charge in [-0.1, -0.05) is 103 Å². The average molecular weight is 296 g/mol. The molecule has 0 saturated heterocycles. The number of hydrogen-bond acceptors (Lipinski definition) is 0. The smallest absolute Gasteiger partial charge is 0.0155 e. The first-order valence-electron chi connectivity index (χ1n) is 7.89. The minimum absolute atomic E-state index is 1.28. The summed E-state index contributed by atoms with van der Waals surface area (Å²) >= 11 is 0. The first-order valence-corrected chi connectivity index (χ1v) is 7.89. The number of aryl methyl sites for hydroxylation is 1. The molecular formula is C23H20. The van der Waals surface area contributed by atoms with Gasteiger partial charge in [0.25, 0.3) is 0 Å². The average Bonchev–Trinajstić information content (AvgIpc) is 2.64. The van der Waals surface area contributed by atoms with Crippen molar-refractivity contribution in [3.8, 4) is 11.1 Å². The van der Waals surface area contributed by atoms with Gasteiger partial charge in [-0.3, -0.25) is 0 Å². The fraction of sp³-hybridized carbons (Fsp3) is 0.0435. The highest BCUT2D eigenvalue weighted by atomic mass is 14.0. The quantitative estimate of drug-likeness (QED) is 0.376. The van der Waals surface area contributed by atoms with E-state index in [1.54, 1.807) is 0 Å². The summed E-state index contributed by atoms with van der Waals surface area (Å²) in [6.07, 6.45) is 0. The number of benzene rings is 4. The molecule has 23 heavy (non-hydrogen) atoms. The molecule has 0 unspecified atom stereocenters. The van der Waals surface area contributed by atoms with Crippen molar-refractivity contribution in [1.29, 1.82) is 0 Å². The third-order valence-corrected chi connectivity index (χ3v) is 3.89. The molecule has 0 radical (unpaired) electrons. The molecule has 4 rings (SSSR count). The number of fused-ring (bicyclic) bond motifs is 1. The van der Waals surface area contributed by atoms with Crippen molar-refractivity contribution in [2.75, 3.05) is 0 Å². The Kier molecular flexibility index (Phi) is 4.85. The van der Waals surface area contributed by atoms with Crippen LogP contribution in [0.15, 0.2) is 103 Å². The highest BCUT2D eigenvalue weighted by Crippen LogP contribution is 2.17. The van der Waals surface area contributed by atoms with Gasteiger partial charge in [0.05, 0.1) is 0 Å². The van der Waals surface area contributed by atoms with Crippen molar-refractivity contribution in [2.24, 2.45) is 0 Å². The summed E-state index contributed by atoms with van der Waals surface area (Å²) < 4.78 is 0. The van der Waals surface area contributed by atoms with E-state index in [2.05, 4.69) is 97.9 Å². The summed E-state index contributed by atoms with van der Waals surface area (Å²) in [7, 11) is 0. The van der Waals surface area contributed by atoms with Crippen LogP contribution in [0.25, 0.3) is 21.9 Å². The second-order valence-electron chi connectivity index (χ2n) is 5.53. The molecule has 0 aliphatic heterocycles. The molecule has 0 aliphatic rings. The van der Waals surface area contributed by atoms with Gasteiger partial charge in [-0.25, -0.2) is 0 Å². The predicted molar refractivity (Wildman–Crippen MR) is 101 cm³/mol. The maximum Gasteiger partial charge on any atom is -0.0155 e. The molecule has 0 nitrogen and oxygen atoms in total. The molecule has 4 aromatic rings. The lowest BCUT2D eigenvalue weighted by Gasteiger charge is -1.98. The summed E-state index contributed by atoms with van der Waals surface area (Å²) in [5.41, 5.74) is 3.90. The van der Waals surface area contributed by atoms with E-state index in [4.69, 9.17) is 0 Å². The first kappa shape index (κ1) is 15.1. The van der Waals surface area contributed by atoms with Gasteiger partial charge in [0.15, 0.2) is 0 Å². The van der Waals surface area contributed by atoms with E-state index in [1.165, 1.54) is 27.5 Å². The Balaban J connectivity index is 0.000000136. The Hall–Kier alpha value is -2.86. The van der Waals surface area contributed by atoms with Gasteiger partial charge in [-0.05, 0) is 34.4 Å². The van der Waals surface area contributed by atoms with Gasteiger partial charge < -0.3 is 0 Å². The zero-order valence-electron chi connectivity index (χ0n) is 13.3. The molecule has 0 fully saturated rings. The lowest BCUT2D eigenvalue weighted by atomic mass is 10.1. The second kappa shape index (κ2) is 7.42. The van der Waals surface area contributed by atoms with Crippen molar-refractivity contribution in [2.45, 2.75) is 6.92 Å². The van der Waals surface area contributed by atoms with Gasteiger partial charge >= 0.3 is 0 Å². The largest absolute Gasteiger partial charge is 0.0622 e. The third-order valence-electron chi connectivity index (χ3n) is 3.89. The highest BCUT2D eigenvalue weighted by Gasteiger charge is 1.92. The van der Waals surface area contributed by atoms with Crippen LogP contribution in [0.2, 0.25) is 0 Å². The Bertz CT molecular complexity index is 819. The van der Waals surface area contributed by atoms with Crippen LogP contribution in [0.5, 0.6) is 0 Å². The fourth-order valence-electron chi connectivity index (χ4n) is 2.65. The van der Waals surface area contributed by atoms with E-state index < -0.39 is 0 Å². The van der Waals surface area contributed by atoms with Gasteiger partial charge in [0, 0.05) is 0 Å². The molecule has 112 valence electrons. The van der Waals surface area contributed by atoms with Crippen LogP contribution in [0.3, 0.4) is 0 Å². The number of hydrogen-bond donors (Lipinski definition) is 0. The Morgan fingerprint density at radius 1 is 0.435 bits per heavy atom. The molecule has 0 atom stereocenters. The van der Waals surface area contributed by atoms with Crippen molar-refractivity contribution < 1.29 is 0 Å². The van der Waals surface area contributed by atoms with Crippen LogP contribution in [0.4, 0.5) is 0 Å². The molecule has 0 aromatic heterocycles. The summed E-state index contributed by atoms with van der Waals surface area (Å²) in [5, 5.41) is 2.68. The normalized spacial score (nSPS) is 9.96. The first-order chi connectivity index (χ1) is 11.3. The Morgan fingerprint density at radius 3 is 1.48 bits per heavy atom. The van der Waals surface area contributed by atoms with E-state index in [0.29, 0.717) is 0 Å². The molecule has 0 spiro atoms. The molecule has 0 heteroatoms. The van der Waals surface area contributed by atoms with Gasteiger partial charge in [-0.15, -0.1) is 0 Å². The van der Waals surface area contributed by atoms with Crippen molar-refractivity contribution in [3.63, 3.8) is 0 Å². The fourth-order valence-corrected chi connectivity index (χ4v) is 2.65. The van der Waals surface area contributed by atoms with Gasteiger partial charge in [-0.2, -0.15) is 0 Å². The second-order valence-corrected chi connectivity index (χ2v) is 5.53.